The van der Waals surface area contributed by atoms with E-state index in [0.29, 0.717) is 38.3 Å². The van der Waals surface area contributed by atoms with E-state index >= 15 is 0 Å². The lowest BCUT2D eigenvalue weighted by Crippen LogP contribution is -2.41. The number of aliphatic carboxylic acids is 1. The van der Waals surface area contributed by atoms with E-state index in [1.165, 1.54) is 25.7 Å². The predicted octanol–water partition coefficient (Wildman–Crippen LogP) is 2.53. The Morgan fingerprint density at radius 2 is 1.84 bits per heavy atom. The first kappa shape index (κ1) is 14.4. The van der Waals surface area contributed by atoms with Gasteiger partial charge in [0.2, 0.25) is 5.91 Å². The van der Waals surface area contributed by atoms with Crippen LogP contribution in [-0.4, -0.2) is 35.0 Å². The number of carbonyl (C=O) groups is 2. The van der Waals surface area contributed by atoms with Gasteiger partial charge in [-0.25, -0.2) is 0 Å². The van der Waals surface area contributed by atoms with Gasteiger partial charge in [-0.3, -0.25) is 9.59 Å². The van der Waals surface area contributed by atoms with Crippen LogP contribution in [0.2, 0.25) is 0 Å². The summed E-state index contributed by atoms with van der Waals surface area (Å²) in [6.45, 7) is 3.52. The van der Waals surface area contributed by atoms with Gasteiger partial charge in [0.1, 0.15) is 0 Å². The Morgan fingerprint density at radius 3 is 2.42 bits per heavy atom. The minimum Gasteiger partial charge on any atom is -0.481 e. The maximum atomic E-state index is 12.2. The van der Waals surface area contributed by atoms with Gasteiger partial charge >= 0.3 is 5.97 Å². The van der Waals surface area contributed by atoms with Gasteiger partial charge in [0.25, 0.3) is 0 Å². The second-order valence-electron chi connectivity index (χ2n) is 6.34. The lowest BCUT2D eigenvalue weighted by Gasteiger charge is -2.33. The summed E-state index contributed by atoms with van der Waals surface area (Å²) in [5.74, 6) is 0.577. The third-order valence-corrected chi connectivity index (χ3v) is 4.71. The Morgan fingerprint density at radius 1 is 1.16 bits per heavy atom. The lowest BCUT2D eigenvalue weighted by molar-refractivity contribution is -0.146. The third-order valence-electron chi connectivity index (χ3n) is 4.71. The molecule has 1 aliphatic carbocycles. The van der Waals surface area contributed by atoms with Crippen molar-refractivity contribution in [2.75, 3.05) is 13.1 Å². The fraction of sp³-hybridized carbons (Fsp3) is 0.867. The number of carboxylic acids is 1. The molecular weight excluding hydrogens is 242 g/mol. The summed E-state index contributed by atoms with van der Waals surface area (Å²) >= 11 is 0. The topological polar surface area (TPSA) is 57.6 Å². The molecule has 0 bridgehead atoms. The van der Waals surface area contributed by atoms with Crippen molar-refractivity contribution in [1.29, 1.82) is 0 Å². The van der Waals surface area contributed by atoms with Crippen molar-refractivity contribution >= 4 is 11.9 Å². The molecule has 0 aromatic carbocycles. The molecule has 0 spiro atoms. The molecule has 1 saturated carbocycles. The normalized spacial score (nSPS) is 29.2. The molecule has 2 unspecified atom stereocenters. The smallest absolute Gasteiger partial charge is 0.306 e. The predicted molar refractivity (Wildman–Crippen MR) is 72.7 cm³/mol. The fourth-order valence-electron chi connectivity index (χ4n) is 3.50. The molecule has 0 radical (unpaired) electrons. The van der Waals surface area contributed by atoms with Crippen molar-refractivity contribution in [1.82, 2.24) is 4.90 Å². The number of piperidine rings is 1. The minimum atomic E-state index is -0.715. The van der Waals surface area contributed by atoms with Crippen molar-refractivity contribution in [3.8, 4) is 0 Å². The van der Waals surface area contributed by atoms with Crippen LogP contribution in [0, 0.1) is 17.8 Å². The van der Waals surface area contributed by atoms with Crippen molar-refractivity contribution in [3.05, 3.63) is 0 Å². The number of nitrogens with zero attached hydrogens (tertiary/aromatic N) is 1. The molecule has 1 saturated heterocycles. The van der Waals surface area contributed by atoms with E-state index in [1.54, 1.807) is 0 Å². The molecule has 0 aromatic heterocycles. The minimum absolute atomic E-state index is 0.239. The van der Waals surface area contributed by atoms with E-state index in [1.807, 2.05) is 4.90 Å². The van der Waals surface area contributed by atoms with Crippen molar-refractivity contribution < 1.29 is 14.7 Å². The molecule has 2 aliphatic rings. The molecule has 19 heavy (non-hydrogen) atoms. The number of hydrogen-bond donors (Lipinski definition) is 1. The molecule has 1 aliphatic heterocycles. The summed E-state index contributed by atoms with van der Waals surface area (Å²) in [4.78, 5) is 25.0. The van der Waals surface area contributed by atoms with Crippen LogP contribution in [0.1, 0.15) is 51.9 Å². The van der Waals surface area contributed by atoms with Crippen molar-refractivity contribution in [3.63, 3.8) is 0 Å². The summed E-state index contributed by atoms with van der Waals surface area (Å²) in [5, 5.41) is 8.95. The van der Waals surface area contributed by atoms with Crippen LogP contribution in [0.25, 0.3) is 0 Å². The molecule has 4 nitrogen and oxygen atoms in total. The Hall–Kier alpha value is -1.06. The van der Waals surface area contributed by atoms with Crippen LogP contribution in [-0.2, 0) is 9.59 Å². The van der Waals surface area contributed by atoms with Gasteiger partial charge < -0.3 is 10.0 Å². The first-order chi connectivity index (χ1) is 9.06. The zero-order chi connectivity index (χ0) is 13.8. The van der Waals surface area contributed by atoms with E-state index in [2.05, 4.69) is 6.92 Å². The molecule has 4 heteroatoms. The van der Waals surface area contributed by atoms with Gasteiger partial charge in [-0.15, -0.1) is 0 Å². The maximum absolute atomic E-state index is 12.2. The first-order valence-corrected chi connectivity index (χ1v) is 7.57. The molecule has 2 rings (SSSR count). The zero-order valence-corrected chi connectivity index (χ0v) is 11.8. The number of amides is 1. The Labute approximate surface area is 115 Å². The van der Waals surface area contributed by atoms with Gasteiger partial charge in [-0.2, -0.15) is 0 Å². The maximum Gasteiger partial charge on any atom is 0.306 e. The zero-order valence-electron chi connectivity index (χ0n) is 11.8. The average Bonchev–Trinajstić information content (AvgIpc) is 2.39. The van der Waals surface area contributed by atoms with E-state index in [4.69, 9.17) is 5.11 Å². The SMILES string of the molecule is CC1CCCC(CC(=O)N2CCC(C(=O)O)CC2)C1. The third kappa shape index (κ3) is 3.95. The summed E-state index contributed by atoms with van der Waals surface area (Å²) in [7, 11) is 0. The van der Waals surface area contributed by atoms with Gasteiger partial charge in [0.05, 0.1) is 5.92 Å². The summed E-state index contributed by atoms with van der Waals surface area (Å²) in [6.07, 6.45) is 6.81. The summed E-state index contributed by atoms with van der Waals surface area (Å²) in [6, 6.07) is 0. The monoisotopic (exact) mass is 267 g/mol. The second kappa shape index (κ2) is 6.40. The van der Waals surface area contributed by atoms with Gasteiger partial charge in [0, 0.05) is 19.5 Å². The fourth-order valence-corrected chi connectivity index (χ4v) is 3.50. The van der Waals surface area contributed by atoms with Gasteiger partial charge in [-0.05, 0) is 37.5 Å². The van der Waals surface area contributed by atoms with E-state index in [9.17, 15) is 9.59 Å². The largest absolute Gasteiger partial charge is 0.481 e. The highest BCUT2D eigenvalue weighted by Gasteiger charge is 2.29. The Bertz CT molecular complexity index is 334. The molecule has 1 amide bonds. The molecule has 108 valence electrons. The first-order valence-electron chi connectivity index (χ1n) is 7.57. The quantitative estimate of drug-likeness (QED) is 0.855. The van der Waals surface area contributed by atoms with Crippen LogP contribution >= 0.6 is 0 Å². The molecule has 2 atom stereocenters. The van der Waals surface area contributed by atoms with Crippen molar-refractivity contribution in [2.24, 2.45) is 17.8 Å². The highest BCUT2D eigenvalue weighted by molar-refractivity contribution is 5.77. The number of carbonyl (C=O) groups excluding carboxylic acids is 1. The van der Waals surface area contributed by atoms with E-state index in [0.717, 1.165) is 5.92 Å². The molecule has 1 heterocycles. The molecule has 2 fully saturated rings. The van der Waals surface area contributed by atoms with Crippen LogP contribution in [0.4, 0.5) is 0 Å². The molecular formula is C15H25NO3. The van der Waals surface area contributed by atoms with Crippen LogP contribution < -0.4 is 0 Å². The van der Waals surface area contributed by atoms with Gasteiger partial charge in [-0.1, -0.05) is 19.8 Å². The van der Waals surface area contributed by atoms with E-state index in [-0.39, 0.29) is 11.8 Å². The standard InChI is InChI=1S/C15H25NO3/c1-11-3-2-4-12(9-11)10-14(17)16-7-5-13(6-8-16)15(18)19/h11-13H,2-10H2,1H3,(H,18,19). The Balaban J connectivity index is 1.76. The lowest BCUT2D eigenvalue weighted by atomic mass is 9.80. The Kier molecular flexibility index (Phi) is 4.83. The van der Waals surface area contributed by atoms with Crippen LogP contribution in [0.15, 0.2) is 0 Å². The highest BCUT2D eigenvalue weighted by atomic mass is 16.4. The number of carboxylic acid groups (broad SMARTS) is 1. The number of rotatable bonds is 3. The summed E-state index contributed by atoms with van der Waals surface area (Å²) in [5.41, 5.74) is 0. The number of likely N-dealkylation sites (tertiary alicyclic amines) is 1. The van der Waals surface area contributed by atoms with Crippen LogP contribution in [0.5, 0.6) is 0 Å². The average molecular weight is 267 g/mol. The molecule has 0 aromatic rings. The highest BCUT2D eigenvalue weighted by Crippen LogP contribution is 2.31. The van der Waals surface area contributed by atoms with Crippen LogP contribution in [0.3, 0.4) is 0 Å². The summed E-state index contributed by atoms with van der Waals surface area (Å²) < 4.78 is 0. The van der Waals surface area contributed by atoms with Crippen molar-refractivity contribution in [2.45, 2.75) is 51.9 Å². The van der Waals surface area contributed by atoms with Gasteiger partial charge in [0.15, 0.2) is 0 Å². The second-order valence-corrected chi connectivity index (χ2v) is 6.34. The van der Waals surface area contributed by atoms with E-state index < -0.39 is 5.97 Å². The number of hydrogen-bond acceptors (Lipinski definition) is 2. The molecule has 1 N–H and O–H groups in total.